The second kappa shape index (κ2) is 7.49. The molecule has 0 fully saturated rings. The Kier molecular flexibility index (Phi) is 5.98. The van der Waals surface area contributed by atoms with Gasteiger partial charge in [-0.25, -0.2) is 9.59 Å². The highest BCUT2D eigenvalue weighted by atomic mass is 35.5. The summed E-state index contributed by atoms with van der Waals surface area (Å²) < 4.78 is 0. The first kappa shape index (κ1) is 16.8. The lowest BCUT2D eigenvalue weighted by atomic mass is 10.1. The number of carbonyl (C=O) groups is 3. The lowest BCUT2D eigenvalue weighted by Crippen LogP contribution is -2.47. The molecule has 0 spiro atoms. The average molecular weight is 315 g/mol. The number of carbonyl (C=O) groups excluding carboxylic acids is 1. The van der Waals surface area contributed by atoms with E-state index in [2.05, 4.69) is 10.6 Å². The number of benzene rings is 1. The SMILES string of the molecule is CC(NC(=O)N[C@@H](CC(=O)O)C(=O)O)c1ccccc1Cl. The van der Waals surface area contributed by atoms with E-state index in [-0.39, 0.29) is 0 Å². The van der Waals surface area contributed by atoms with Crippen LogP contribution in [0.15, 0.2) is 24.3 Å². The van der Waals surface area contributed by atoms with Gasteiger partial charge in [-0.2, -0.15) is 0 Å². The van der Waals surface area contributed by atoms with Crippen LogP contribution in [0.2, 0.25) is 5.02 Å². The number of hydrogen-bond donors (Lipinski definition) is 4. The minimum atomic E-state index is -1.50. The van der Waals surface area contributed by atoms with E-state index in [4.69, 9.17) is 21.8 Å². The van der Waals surface area contributed by atoms with Crippen LogP contribution in [-0.4, -0.2) is 34.2 Å². The average Bonchev–Trinajstić information content (AvgIpc) is 2.37. The predicted octanol–water partition coefficient (Wildman–Crippen LogP) is 1.63. The highest BCUT2D eigenvalue weighted by Gasteiger charge is 2.23. The number of nitrogens with one attached hydrogen (secondary N) is 2. The first-order chi connectivity index (χ1) is 9.81. The molecule has 1 aromatic carbocycles. The number of hydrogen-bond acceptors (Lipinski definition) is 3. The van der Waals surface area contributed by atoms with Gasteiger partial charge in [0.2, 0.25) is 0 Å². The van der Waals surface area contributed by atoms with Crippen LogP contribution in [0.3, 0.4) is 0 Å². The van der Waals surface area contributed by atoms with Crippen molar-refractivity contribution in [3.63, 3.8) is 0 Å². The van der Waals surface area contributed by atoms with Crippen LogP contribution in [0.5, 0.6) is 0 Å². The van der Waals surface area contributed by atoms with E-state index in [9.17, 15) is 14.4 Å². The van der Waals surface area contributed by atoms with Gasteiger partial charge in [0.1, 0.15) is 6.04 Å². The van der Waals surface area contributed by atoms with Gasteiger partial charge < -0.3 is 20.8 Å². The number of amides is 2. The Morgan fingerprint density at radius 3 is 2.33 bits per heavy atom. The van der Waals surface area contributed by atoms with Crippen molar-refractivity contribution in [1.29, 1.82) is 0 Å². The molecule has 2 atom stereocenters. The maximum atomic E-state index is 11.7. The van der Waals surface area contributed by atoms with Gasteiger partial charge in [-0.05, 0) is 18.6 Å². The third kappa shape index (κ3) is 5.31. The molecular weight excluding hydrogens is 300 g/mol. The van der Waals surface area contributed by atoms with Crippen LogP contribution in [0.4, 0.5) is 4.79 Å². The predicted molar refractivity (Wildman–Crippen MR) is 75.2 cm³/mol. The second-order valence-corrected chi connectivity index (χ2v) is 4.76. The molecule has 8 heteroatoms. The lowest BCUT2D eigenvalue weighted by molar-refractivity contribution is -0.145. The van der Waals surface area contributed by atoms with Crippen molar-refractivity contribution in [2.45, 2.75) is 25.4 Å². The van der Waals surface area contributed by atoms with Gasteiger partial charge in [0.15, 0.2) is 0 Å². The quantitative estimate of drug-likeness (QED) is 0.637. The summed E-state index contributed by atoms with van der Waals surface area (Å²) in [5, 5.41) is 22.5. The molecule has 0 radical (unpaired) electrons. The molecular formula is C13H15ClN2O5. The maximum Gasteiger partial charge on any atom is 0.326 e. The molecule has 0 heterocycles. The van der Waals surface area contributed by atoms with Crippen molar-refractivity contribution < 1.29 is 24.6 Å². The molecule has 0 aliphatic heterocycles. The zero-order valence-electron chi connectivity index (χ0n) is 11.2. The van der Waals surface area contributed by atoms with Crippen molar-refractivity contribution in [3.8, 4) is 0 Å². The third-order valence-corrected chi connectivity index (χ3v) is 3.05. The Bertz CT molecular complexity index is 549. The first-order valence-electron chi connectivity index (χ1n) is 6.07. The van der Waals surface area contributed by atoms with Gasteiger partial charge in [-0.1, -0.05) is 29.8 Å². The minimum absolute atomic E-state index is 0.460. The summed E-state index contributed by atoms with van der Waals surface area (Å²) in [6, 6.07) is 4.14. The molecule has 0 aliphatic carbocycles. The number of carboxylic acids is 2. The van der Waals surface area contributed by atoms with Gasteiger partial charge in [0.05, 0.1) is 12.5 Å². The van der Waals surface area contributed by atoms with Crippen molar-refractivity contribution in [1.82, 2.24) is 10.6 Å². The fraction of sp³-hybridized carbons (Fsp3) is 0.308. The van der Waals surface area contributed by atoms with E-state index in [1.54, 1.807) is 31.2 Å². The molecule has 7 nitrogen and oxygen atoms in total. The van der Waals surface area contributed by atoms with E-state index < -0.39 is 36.5 Å². The maximum absolute atomic E-state index is 11.7. The molecule has 1 rings (SSSR count). The van der Waals surface area contributed by atoms with Crippen LogP contribution in [0, 0.1) is 0 Å². The van der Waals surface area contributed by atoms with Gasteiger partial charge in [-0.15, -0.1) is 0 Å². The van der Waals surface area contributed by atoms with Crippen molar-refractivity contribution in [2.75, 3.05) is 0 Å². The normalized spacial score (nSPS) is 13.0. The molecule has 114 valence electrons. The molecule has 4 N–H and O–H groups in total. The Labute approximate surface area is 125 Å². The zero-order valence-corrected chi connectivity index (χ0v) is 11.9. The number of carboxylic acid groups (broad SMARTS) is 2. The van der Waals surface area contributed by atoms with E-state index >= 15 is 0 Å². The minimum Gasteiger partial charge on any atom is -0.481 e. The van der Waals surface area contributed by atoms with Gasteiger partial charge in [-0.3, -0.25) is 4.79 Å². The summed E-state index contributed by atoms with van der Waals surface area (Å²) in [5.41, 5.74) is 0.666. The molecule has 0 saturated carbocycles. The van der Waals surface area contributed by atoms with Crippen LogP contribution < -0.4 is 10.6 Å². The number of urea groups is 1. The van der Waals surface area contributed by atoms with Crippen molar-refractivity contribution in [2.24, 2.45) is 0 Å². The van der Waals surface area contributed by atoms with E-state index in [0.717, 1.165) is 0 Å². The molecule has 2 amide bonds. The first-order valence-corrected chi connectivity index (χ1v) is 6.45. The smallest absolute Gasteiger partial charge is 0.326 e. The molecule has 1 unspecified atom stereocenters. The monoisotopic (exact) mass is 314 g/mol. The Morgan fingerprint density at radius 1 is 1.19 bits per heavy atom. The summed E-state index contributed by atoms with van der Waals surface area (Å²) in [6.07, 6.45) is -0.705. The summed E-state index contributed by atoms with van der Waals surface area (Å²) in [6.45, 7) is 1.67. The largest absolute Gasteiger partial charge is 0.481 e. The number of aliphatic carboxylic acids is 2. The lowest BCUT2D eigenvalue weighted by Gasteiger charge is -2.18. The van der Waals surface area contributed by atoms with E-state index in [0.29, 0.717) is 10.6 Å². The Balaban J connectivity index is 2.66. The summed E-state index contributed by atoms with van der Waals surface area (Å²) >= 11 is 5.98. The van der Waals surface area contributed by atoms with Crippen LogP contribution in [0.1, 0.15) is 24.9 Å². The molecule has 0 aromatic heterocycles. The van der Waals surface area contributed by atoms with Gasteiger partial charge in [0.25, 0.3) is 0 Å². The highest BCUT2D eigenvalue weighted by molar-refractivity contribution is 6.31. The molecule has 1 aromatic rings. The zero-order chi connectivity index (χ0) is 16.0. The van der Waals surface area contributed by atoms with E-state index in [1.165, 1.54) is 0 Å². The van der Waals surface area contributed by atoms with Crippen molar-refractivity contribution in [3.05, 3.63) is 34.9 Å². The number of halogens is 1. The standard InChI is InChI=1S/C13H15ClN2O5/c1-7(8-4-2-3-5-9(8)14)15-13(21)16-10(12(19)20)6-11(17)18/h2-5,7,10H,6H2,1H3,(H,17,18)(H,19,20)(H2,15,16,21)/t7?,10-/m0/s1. The van der Waals surface area contributed by atoms with Gasteiger partial charge >= 0.3 is 18.0 Å². The summed E-state index contributed by atoms with van der Waals surface area (Å²) in [7, 11) is 0. The van der Waals surface area contributed by atoms with E-state index in [1.807, 2.05) is 0 Å². The van der Waals surface area contributed by atoms with Crippen LogP contribution in [0.25, 0.3) is 0 Å². The number of rotatable bonds is 6. The molecule has 21 heavy (non-hydrogen) atoms. The van der Waals surface area contributed by atoms with Gasteiger partial charge in [0, 0.05) is 5.02 Å². The Morgan fingerprint density at radius 2 is 1.81 bits per heavy atom. The fourth-order valence-electron chi connectivity index (χ4n) is 1.68. The van der Waals surface area contributed by atoms with Crippen LogP contribution in [-0.2, 0) is 9.59 Å². The fourth-order valence-corrected chi connectivity index (χ4v) is 1.97. The second-order valence-electron chi connectivity index (χ2n) is 4.35. The van der Waals surface area contributed by atoms with Crippen LogP contribution >= 0.6 is 11.6 Å². The molecule has 0 saturated heterocycles. The third-order valence-electron chi connectivity index (χ3n) is 2.70. The highest BCUT2D eigenvalue weighted by Crippen LogP contribution is 2.21. The topological polar surface area (TPSA) is 116 Å². The summed E-state index contributed by atoms with van der Waals surface area (Å²) in [4.78, 5) is 33.1. The molecule has 0 aliphatic rings. The van der Waals surface area contributed by atoms with Crippen molar-refractivity contribution >= 4 is 29.6 Å². The Hall–Kier alpha value is -2.28. The molecule has 0 bridgehead atoms. The summed E-state index contributed by atoms with van der Waals surface area (Å²) in [5.74, 6) is -2.74.